The van der Waals surface area contributed by atoms with Gasteiger partial charge in [0.25, 0.3) is 0 Å². The molecule has 24 heavy (non-hydrogen) atoms. The van der Waals surface area contributed by atoms with Crippen molar-refractivity contribution in [1.29, 1.82) is 0 Å². The van der Waals surface area contributed by atoms with E-state index >= 15 is 0 Å². The average Bonchev–Trinajstić information content (AvgIpc) is 3.23. The Balaban J connectivity index is 1.54. The van der Waals surface area contributed by atoms with Crippen molar-refractivity contribution in [3.05, 3.63) is 42.2 Å². The number of benzene rings is 1. The molecule has 0 N–H and O–H groups in total. The summed E-state index contributed by atoms with van der Waals surface area (Å²) >= 11 is 4.91. The Morgan fingerprint density at radius 1 is 1.12 bits per heavy atom. The minimum absolute atomic E-state index is 0.266. The summed E-state index contributed by atoms with van der Waals surface area (Å²) in [6.45, 7) is 2.18. The Hall–Kier alpha value is -1.38. The van der Waals surface area contributed by atoms with Gasteiger partial charge in [0.15, 0.2) is 14.4 Å². The van der Waals surface area contributed by atoms with Gasteiger partial charge >= 0.3 is 0 Å². The van der Waals surface area contributed by atoms with Crippen LogP contribution in [-0.2, 0) is 5.75 Å². The van der Waals surface area contributed by atoms with Gasteiger partial charge in [-0.25, -0.2) is 9.37 Å². The summed E-state index contributed by atoms with van der Waals surface area (Å²) in [5.74, 6) is 2.66. The maximum absolute atomic E-state index is 13.0. The zero-order valence-electron chi connectivity index (χ0n) is 13.1. The maximum atomic E-state index is 13.0. The fourth-order valence-corrected chi connectivity index (χ4v) is 4.89. The van der Waals surface area contributed by atoms with Crippen molar-refractivity contribution < 1.29 is 8.81 Å². The third kappa shape index (κ3) is 4.81. The molecule has 0 saturated heterocycles. The first kappa shape index (κ1) is 17.4. The SMILES string of the molecule is CCCCSc1nnc(SCc2ncc(-c3ccc(F)cc3)o2)s1. The van der Waals surface area contributed by atoms with Crippen molar-refractivity contribution in [3.8, 4) is 11.3 Å². The number of unbranched alkanes of at least 4 members (excludes halogenated alkanes) is 1. The lowest BCUT2D eigenvalue weighted by atomic mass is 10.2. The van der Waals surface area contributed by atoms with Gasteiger partial charge in [0.1, 0.15) is 5.82 Å². The standard InChI is InChI=1S/C16H16FN3OS3/c1-2-3-8-22-15-19-20-16(24-15)23-10-14-18-9-13(21-14)11-4-6-12(17)7-5-11/h4-7,9H,2-3,8,10H2,1H3. The zero-order chi connectivity index (χ0) is 16.8. The largest absolute Gasteiger partial charge is 0.440 e. The molecule has 0 spiro atoms. The Labute approximate surface area is 152 Å². The Morgan fingerprint density at radius 3 is 2.62 bits per heavy atom. The fourth-order valence-electron chi connectivity index (χ4n) is 1.87. The first-order valence-corrected chi connectivity index (χ1v) is 10.3. The lowest BCUT2D eigenvalue weighted by molar-refractivity contribution is 0.530. The van der Waals surface area contributed by atoms with Crippen LogP contribution < -0.4 is 0 Å². The summed E-state index contributed by atoms with van der Waals surface area (Å²) in [7, 11) is 0. The number of hydrogen-bond donors (Lipinski definition) is 0. The molecule has 0 atom stereocenters. The fraction of sp³-hybridized carbons (Fsp3) is 0.312. The van der Waals surface area contributed by atoms with Crippen molar-refractivity contribution in [1.82, 2.24) is 15.2 Å². The minimum Gasteiger partial charge on any atom is -0.440 e. The molecule has 1 aromatic carbocycles. The van der Waals surface area contributed by atoms with Crippen LogP contribution in [0.1, 0.15) is 25.7 Å². The molecule has 4 nitrogen and oxygen atoms in total. The molecular formula is C16H16FN3OS3. The molecule has 126 valence electrons. The highest BCUT2D eigenvalue weighted by molar-refractivity contribution is 8.02. The van der Waals surface area contributed by atoms with E-state index in [1.54, 1.807) is 53.2 Å². The highest BCUT2D eigenvalue weighted by atomic mass is 32.2. The van der Waals surface area contributed by atoms with Gasteiger partial charge in [0, 0.05) is 11.3 Å². The number of thioether (sulfide) groups is 2. The van der Waals surface area contributed by atoms with Crippen LogP contribution >= 0.6 is 34.9 Å². The van der Waals surface area contributed by atoms with Gasteiger partial charge in [-0.3, -0.25) is 0 Å². The van der Waals surface area contributed by atoms with Crippen molar-refractivity contribution in [2.75, 3.05) is 5.75 Å². The molecule has 8 heteroatoms. The Morgan fingerprint density at radius 2 is 1.88 bits per heavy atom. The summed E-state index contributed by atoms with van der Waals surface area (Å²) in [6.07, 6.45) is 4.04. The molecule has 0 aliphatic rings. The first-order valence-electron chi connectivity index (χ1n) is 7.54. The second-order valence-corrected chi connectivity index (χ2v) is 8.49. The smallest absolute Gasteiger partial charge is 0.205 e. The van der Waals surface area contributed by atoms with Crippen molar-refractivity contribution >= 4 is 34.9 Å². The predicted octanol–water partition coefficient (Wildman–Crippen LogP) is 5.52. The van der Waals surface area contributed by atoms with E-state index in [2.05, 4.69) is 22.1 Å². The predicted molar refractivity (Wildman–Crippen MR) is 97.0 cm³/mol. The molecule has 3 aromatic rings. The van der Waals surface area contributed by atoms with Crippen LogP contribution in [0.2, 0.25) is 0 Å². The molecule has 0 unspecified atom stereocenters. The number of rotatable bonds is 8. The van der Waals surface area contributed by atoms with Gasteiger partial charge in [0.05, 0.1) is 11.9 Å². The number of hydrogen-bond acceptors (Lipinski definition) is 7. The molecule has 0 aliphatic heterocycles. The highest BCUT2D eigenvalue weighted by Gasteiger charge is 2.10. The molecular weight excluding hydrogens is 365 g/mol. The first-order chi connectivity index (χ1) is 11.7. The van der Waals surface area contributed by atoms with E-state index in [1.807, 2.05) is 0 Å². The lowest BCUT2D eigenvalue weighted by Gasteiger charge is -1.95. The van der Waals surface area contributed by atoms with Gasteiger partial charge in [-0.2, -0.15) is 0 Å². The zero-order valence-corrected chi connectivity index (χ0v) is 15.5. The molecule has 2 aromatic heterocycles. The summed E-state index contributed by atoms with van der Waals surface area (Å²) in [5, 5.41) is 8.37. The van der Waals surface area contributed by atoms with Gasteiger partial charge < -0.3 is 4.42 Å². The summed E-state index contributed by atoms with van der Waals surface area (Å²) < 4.78 is 20.6. The molecule has 0 radical (unpaired) electrons. The van der Waals surface area contributed by atoms with Crippen molar-refractivity contribution in [3.63, 3.8) is 0 Å². The Kier molecular flexibility index (Phi) is 6.28. The van der Waals surface area contributed by atoms with Crippen LogP contribution in [0.25, 0.3) is 11.3 Å². The Bertz CT molecular complexity index is 773. The average molecular weight is 382 g/mol. The van der Waals surface area contributed by atoms with E-state index in [-0.39, 0.29) is 5.82 Å². The molecule has 0 amide bonds. The van der Waals surface area contributed by atoms with Crippen LogP contribution in [0.15, 0.2) is 43.6 Å². The van der Waals surface area contributed by atoms with Gasteiger partial charge in [-0.1, -0.05) is 48.2 Å². The minimum atomic E-state index is -0.266. The third-order valence-corrected chi connectivity index (χ3v) is 6.37. The van der Waals surface area contributed by atoms with Gasteiger partial charge in [-0.15, -0.1) is 10.2 Å². The monoisotopic (exact) mass is 381 g/mol. The highest BCUT2D eigenvalue weighted by Crippen LogP contribution is 2.31. The number of oxazole rings is 1. The quantitative estimate of drug-likeness (QED) is 0.378. The van der Waals surface area contributed by atoms with Crippen molar-refractivity contribution in [2.45, 2.75) is 34.2 Å². The molecule has 0 aliphatic carbocycles. The molecule has 2 heterocycles. The van der Waals surface area contributed by atoms with Gasteiger partial charge in [0.2, 0.25) is 5.89 Å². The van der Waals surface area contributed by atoms with Crippen LogP contribution in [0.5, 0.6) is 0 Å². The van der Waals surface area contributed by atoms with E-state index in [4.69, 9.17) is 4.42 Å². The second kappa shape index (κ2) is 8.64. The van der Waals surface area contributed by atoms with Crippen LogP contribution in [-0.4, -0.2) is 20.9 Å². The topological polar surface area (TPSA) is 51.8 Å². The van der Waals surface area contributed by atoms with Gasteiger partial charge in [-0.05, 0) is 30.7 Å². The van der Waals surface area contributed by atoms with Crippen LogP contribution in [0.4, 0.5) is 4.39 Å². The van der Waals surface area contributed by atoms with Crippen LogP contribution in [0.3, 0.4) is 0 Å². The molecule has 0 fully saturated rings. The normalized spacial score (nSPS) is 11.1. The molecule has 0 saturated carbocycles. The third-order valence-electron chi connectivity index (χ3n) is 3.11. The van der Waals surface area contributed by atoms with E-state index in [0.29, 0.717) is 17.4 Å². The van der Waals surface area contributed by atoms with E-state index in [9.17, 15) is 4.39 Å². The number of halogens is 1. The number of aromatic nitrogens is 3. The van der Waals surface area contributed by atoms with E-state index < -0.39 is 0 Å². The van der Waals surface area contributed by atoms with E-state index in [0.717, 1.165) is 20.0 Å². The summed E-state index contributed by atoms with van der Waals surface area (Å²) in [5.41, 5.74) is 0.811. The molecule has 3 rings (SSSR count). The van der Waals surface area contributed by atoms with Crippen LogP contribution in [0, 0.1) is 5.82 Å². The second-order valence-electron chi connectivity index (χ2n) is 4.95. The molecule has 0 bridgehead atoms. The lowest BCUT2D eigenvalue weighted by Crippen LogP contribution is -1.79. The maximum Gasteiger partial charge on any atom is 0.205 e. The summed E-state index contributed by atoms with van der Waals surface area (Å²) in [6, 6.07) is 6.17. The van der Waals surface area contributed by atoms with Crippen molar-refractivity contribution in [2.24, 2.45) is 0 Å². The summed E-state index contributed by atoms with van der Waals surface area (Å²) in [4.78, 5) is 4.27. The van der Waals surface area contributed by atoms with E-state index in [1.165, 1.54) is 25.0 Å². The number of nitrogens with zero attached hydrogens (tertiary/aromatic N) is 3.